The average molecular weight is 400 g/mol. The van der Waals surface area contributed by atoms with Gasteiger partial charge in [-0.05, 0) is 81.6 Å². The molecule has 0 aromatic heterocycles. The van der Waals surface area contributed by atoms with Crippen LogP contribution in [0.15, 0.2) is 42.5 Å². The summed E-state index contributed by atoms with van der Waals surface area (Å²) in [6.07, 6.45) is 13.9. The minimum atomic E-state index is -0.236. The van der Waals surface area contributed by atoms with Crippen molar-refractivity contribution >= 4 is 12.1 Å². The maximum absolute atomic E-state index is 13.1. The van der Waals surface area contributed by atoms with Gasteiger partial charge in [0.1, 0.15) is 5.82 Å². The Bertz CT molecular complexity index is 695. The number of hydrogen-bond donors (Lipinski definition) is 2. The van der Waals surface area contributed by atoms with Crippen LogP contribution in [0.5, 0.6) is 0 Å². The standard InChI is InChI=1S/C24H34FN3O/c1-19(22-7-3-2-4-8-22)27-24(29)28(18-21-13-15-26-16-14-21)17-5-6-20-9-11-23(25)12-10-20/h2-3,5-6,9-12,19,21-22,26H,4,7-8,13-18H2,1H3,(H,27,29)/b6-5+. The van der Waals surface area contributed by atoms with Crippen LogP contribution in [0.3, 0.4) is 0 Å². The van der Waals surface area contributed by atoms with Crippen molar-refractivity contribution in [2.45, 2.75) is 45.1 Å². The van der Waals surface area contributed by atoms with Crippen molar-refractivity contribution in [3.63, 3.8) is 0 Å². The van der Waals surface area contributed by atoms with E-state index in [9.17, 15) is 9.18 Å². The summed E-state index contributed by atoms with van der Waals surface area (Å²) in [6.45, 7) is 5.51. The molecule has 1 aliphatic carbocycles. The van der Waals surface area contributed by atoms with Crippen LogP contribution in [-0.4, -0.2) is 43.2 Å². The van der Waals surface area contributed by atoms with E-state index in [0.717, 1.165) is 57.3 Å². The van der Waals surface area contributed by atoms with Gasteiger partial charge in [0.05, 0.1) is 0 Å². The first-order chi connectivity index (χ1) is 14.1. The van der Waals surface area contributed by atoms with Gasteiger partial charge in [0.15, 0.2) is 0 Å². The molecule has 2 amide bonds. The molecule has 0 radical (unpaired) electrons. The van der Waals surface area contributed by atoms with Crippen LogP contribution in [0.4, 0.5) is 9.18 Å². The molecule has 2 atom stereocenters. The molecule has 2 aliphatic rings. The zero-order valence-corrected chi connectivity index (χ0v) is 17.4. The summed E-state index contributed by atoms with van der Waals surface area (Å²) in [6, 6.07) is 6.61. The summed E-state index contributed by atoms with van der Waals surface area (Å²) in [4.78, 5) is 15.0. The number of allylic oxidation sites excluding steroid dienone is 2. The van der Waals surface area contributed by atoms with Crippen LogP contribution >= 0.6 is 0 Å². The summed E-state index contributed by atoms with van der Waals surface area (Å²) in [7, 11) is 0. The number of halogens is 1. The molecule has 2 N–H and O–H groups in total. The molecule has 1 aromatic carbocycles. The average Bonchev–Trinajstić information content (AvgIpc) is 2.75. The van der Waals surface area contributed by atoms with Gasteiger partial charge < -0.3 is 15.5 Å². The highest BCUT2D eigenvalue weighted by molar-refractivity contribution is 5.75. The molecule has 5 heteroatoms. The van der Waals surface area contributed by atoms with Crippen molar-refractivity contribution in [1.82, 2.24) is 15.5 Å². The predicted molar refractivity (Wildman–Crippen MR) is 117 cm³/mol. The number of nitrogens with zero attached hydrogens (tertiary/aromatic N) is 1. The van der Waals surface area contributed by atoms with Crippen molar-refractivity contribution in [1.29, 1.82) is 0 Å². The Morgan fingerprint density at radius 3 is 2.69 bits per heavy atom. The minimum Gasteiger partial charge on any atom is -0.335 e. The van der Waals surface area contributed by atoms with Crippen molar-refractivity contribution in [2.24, 2.45) is 11.8 Å². The fourth-order valence-electron chi connectivity index (χ4n) is 4.18. The Morgan fingerprint density at radius 1 is 1.24 bits per heavy atom. The molecule has 1 saturated heterocycles. The SMILES string of the molecule is CC(NC(=O)N(C/C=C/c1ccc(F)cc1)CC1CCNCC1)C1CC=CCC1. The van der Waals surface area contributed by atoms with Crippen LogP contribution in [0.1, 0.15) is 44.6 Å². The first-order valence-electron chi connectivity index (χ1n) is 10.9. The molecular formula is C24H34FN3O. The maximum Gasteiger partial charge on any atom is 0.317 e. The van der Waals surface area contributed by atoms with Gasteiger partial charge >= 0.3 is 6.03 Å². The van der Waals surface area contributed by atoms with Crippen LogP contribution in [0.25, 0.3) is 6.08 Å². The number of rotatable bonds is 7. The lowest BCUT2D eigenvalue weighted by Gasteiger charge is -2.32. The van der Waals surface area contributed by atoms with Gasteiger partial charge in [-0.15, -0.1) is 0 Å². The molecule has 0 spiro atoms. The van der Waals surface area contributed by atoms with E-state index in [4.69, 9.17) is 0 Å². The third kappa shape index (κ3) is 7.00. The number of carbonyl (C=O) groups excluding carboxylic acids is 1. The molecule has 1 aliphatic heterocycles. The number of urea groups is 1. The first kappa shape index (κ1) is 21.6. The first-order valence-corrected chi connectivity index (χ1v) is 10.9. The van der Waals surface area contributed by atoms with Crippen LogP contribution < -0.4 is 10.6 Å². The van der Waals surface area contributed by atoms with Gasteiger partial charge in [0, 0.05) is 19.1 Å². The summed E-state index contributed by atoms with van der Waals surface area (Å²) in [5.74, 6) is 0.814. The summed E-state index contributed by atoms with van der Waals surface area (Å²) in [5, 5.41) is 6.64. The summed E-state index contributed by atoms with van der Waals surface area (Å²) < 4.78 is 13.1. The van der Waals surface area contributed by atoms with Crippen molar-refractivity contribution in [3.05, 3.63) is 53.9 Å². The molecule has 158 valence electrons. The normalized spacial score (nSPS) is 21.2. The Kier molecular flexibility index (Phi) is 8.29. The number of carbonyl (C=O) groups is 1. The lowest BCUT2D eigenvalue weighted by molar-refractivity contribution is 0.179. The molecule has 1 aromatic rings. The Hall–Kier alpha value is -2.14. The van der Waals surface area contributed by atoms with E-state index in [0.29, 0.717) is 18.4 Å². The lowest BCUT2D eigenvalue weighted by atomic mass is 9.88. The van der Waals surface area contributed by atoms with Gasteiger partial charge in [-0.1, -0.05) is 36.4 Å². The highest BCUT2D eigenvalue weighted by Crippen LogP contribution is 2.22. The zero-order chi connectivity index (χ0) is 20.5. The number of piperidine rings is 1. The van der Waals surface area contributed by atoms with Crippen molar-refractivity contribution in [3.8, 4) is 0 Å². The van der Waals surface area contributed by atoms with E-state index in [1.807, 2.05) is 17.1 Å². The highest BCUT2D eigenvalue weighted by atomic mass is 19.1. The molecule has 1 heterocycles. The highest BCUT2D eigenvalue weighted by Gasteiger charge is 2.24. The monoisotopic (exact) mass is 399 g/mol. The number of nitrogens with one attached hydrogen (secondary N) is 2. The zero-order valence-electron chi connectivity index (χ0n) is 17.4. The molecular weight excluding hydrogens is 365 g/mol. The van der Waals surface area contributed by atoms with E-state index in [2.05, 4.69) is 29.7 Å². The second-order valence-corrected chi connectivity index (χ2v) is 8.33. The second kappa shape index (κ2) is 11.1. The largest absolute Gasteiger partial charge is 0.335 e. The van der Waals surface area contributed by atoms with Gasteiger partial charge in [-0.25, -0.2) is 9.18 Å². The smallest absolute Gasteiger partial charge is 0.317 e. The van der Waals surface area contributed by atoms with Crippen molar-refractivity contribution in [2.75, 3.05) is 26.2 Å². The number of hydrogen-bond acceptors (Lipinski definition) is 2. The quantitative estimate of drug-likeness (QED) is 0.659. The van der Waals surface area contributed by atoms with E-state index < -0.39 is 0 Å². The van der Waals surface area contributed by atoms with Gasteiger partial charge in [-0.3, -0.25) is 0 Å². The van der Waals surface area contributed by atoms with E-state index >= 15 is 0 Å². The predicted octanol–water partition coefficient (Wildman–Crippen LogP) is 4.59. The second-order valence-electron chi connectivity index (χ2n) is 8.33. The number of benzene rings is 1. The number of amides is 2. The third-order valence-electron chi connectivity index (χ3n) is 6.10. The Labute approximate surface area is 174 Å². The fourth-order valence-corrected chi connectivity index (χ4v) is 4.18. The molecule has 0 saturated carbocycles. The molecule has 1 fully saturated rings. The lowest BCUT2D eigenvalue weighted by Crippen LogP contribution is -2.48. The summed E-state index contributed by atoms with van der Waals surface area (Å²) >= 11 is 0. The summed E-state index contributed by atoms with van der Waals surface area (Å²) in [5.41, 5.74) is 0.941. The van der Waals surface area contributed by atoms with Gasteiger partial charge in [0.2, 0.25) is 0 Å². The van der Waals surface area contributed by atoms with Crippen LogP contribution in [0, 0.1) is 17.7 Å². The van der Waals surface area contributed by atoms with Crippen LogP contribution in [0.2, 0.25) is 0 Å². The topological polar surface area (TPSA) is 44.4 Å². The maximum atomic E-state index is 13.1. The fraction of sp³-hybridized carbons (Fsp3) is 0.542. The molecule has 29 heavy (non-hydrogen) atoms. The minimum absolute atomic E-state index is 0.0225. The van der Waals surface area contributed by atoms with Gasteiger partial charge in [0.25, 0.3) is 0 Å². The van der Waals surface area contributed by atoms with Crippen molar-refractivity contribution < 1.29 is 9.18 Å². The van der Waals surface area contributed by atoms with E-state index in [-0.39, 0.29) is 17.9 Å². The van der Waals surface area contributed by atoms with E-state index in [1.165, 1.54) is 12.1 Å². The van der Waals surface area contributed by atoms with E-state index in [1.54, 1.807) is 12.1 Å². The third-order valence-corrected chi connectivity index (χ3v) is 6.10. The Morgan fingerprint density at radius 2 is 2.00 bits per heavy atom. The van der Waals surface area contributed by atoms with Crippen LogP contribution in [-0.2, 0) is 0 Å². The molecule has 0 bridgehead atoms. The molecule has 3 rings (SSSR count). The molecule has 2 unspecified atom stereocenters. The van der Waals surface area contributed by atoms with Gasteiger partial charge in [-0.2, -0.15) is 0 Å². The molecule has 4 nitrogen and oxygen atoms in total. The Balaban J connectivity index is 1.60.